The van der Waals surface area contributed by atoms with Crippen LogP contribution in [0, 0.1) is 17.8 Å². The van der Waals surface area contributed by atoms with Crippen LogP contribution in [0.2, 0.25) is 0 Å². The van der Waals surface area contributed by atoms with E-state index in [-0.39, 0.29) is 30.3 Å². The minimum atomic E-state index is 0.0788. The predicted octanol–water partition coefficient (Wildman–Crippen LogP) is -0.0105. The van der Waals surface area contributed by atoms with Gasteiger partial charge in [0, 0.05) is 44.5 Å². The topological polar surface area (TPSA) is 69.6 Å². The number of hydrogen-bond acceptors (Lipinski definition) is 3. The SMILES string of the molecule is CC1CC1C(=O)NCCC(=O)N1CCC(CO)C1. The highest BCUT2D eigenvalue weighted by Crippen LogP contribution is 2.37. The Morgan fingerprint density at radius 3 is 2.72 bits per heavy atom. The van der Waals surface area contributed by atoms with Crippen LogP contribution in [-0.2, 0) is 9.59 Å². The summed E-state index contributed by atoms with van der Waals surface area (Å²) in [6.45, 7) is 4.04. The molecular formula is C13H22N2O3. The number of amides is 2. The second kappa shape index (κ2) is 5.69. The Kier molecular flexibility index (Phi) is 4.22. The molecule has 1 saturated carbocycles. The van der Waals surface area contributed by atoms with Gasteiger partial charge >= 0.3 is 0 Å². The number of aliphatic hydroxyl groups excluding tert-OH is 1. The monoisotopic (exact) mass is 254 g/mol. The van der Waals surface area contributed by atoms with Gasteiger partial charge in [-0.1, -0.05) is 6.92 Å². The minimum absolute atomic E-state index is 0.0788. The molecule has 5 nitrogen and oxygen atoms in total. The summed E-state index contributed by atoms with van der Waals surface area (Å²) >= 11 is 0. The molecule has 0 aromatic rings. The van der Waals surface area contributed by atoms with E-state index in [2.05, 4.69) is 12.2 Å². The van der Waals surface area contributed by atoms with Crippen LogP contribution in [0.25, 0.3) is 0 Å². The molecule has 0 radical (unpaired) electrons. The highest BCUT2D eigenvalue weighted by molar-refractivity contribution is 5.82. The third-order valence-corrected chi connectivity index (χ3v) is 3.98. The molecule has 5 heteroatoms. The number of likely N-dealkylation sites (tertiary alicyclic amines) is 1. The number of hydrogen-bond donors (Lipinski definition) is 2. The largest absolute Gasteiger partial charge is 0.396 e. The van der Waals surface area contributed by atoms with Gasteiger partial charge in [-0.05, 0) is 18.8 Å². The highest BCUT2D eigenvalue weighted by Gasteiger charge is 2.38. The van der Waals surface area contributed by atoms with Crippen LogP contribution in [0.5, 0.6) is 0 Å². The lowest BCUT2D eigenvalue weighted by Gasteiger charge is -2.16. The van der Waals surface area contributed by atoms with E-state index >= 15 is 0 Å². The third-order valence-electron chi connectivity index (χ3n) is 3.98. The van der Waals surface area contributed by atoms with Crippen molar-refractivity contribution in [1.82, 2.24) is 10.2 Å². The van der Waals surface area contributed by atoms with Crippen molar-refractivity contribution in [2.75, 3.05) is 26.2 Å². The molecular weight excluding hydrogens is 232 g/mol. The Morgan fingerprint density at radius 2 is 2.17 bits per heavy atom. The average Bonchev–Trinajstić information content (AvgIpc) is 2.92. The van der Waals surface area contributed by atoms with Crippen molar-refractivity contribution in [3.05, 3.63) is 0 Å². The van der Waals surface area contributed by atoms with E-state index in [1.54, 1.807) is 4.90 Å². The number of rotatable bonds is 5. The van der Waals surface area contributed by atoms with Gasteiger partial charge in [0.1, 0.15) is 0 Å². The summed E-state index contributed by atoms with van der Waals surface area (Å²) in [5.74, 6) is 1.08. The molecule has 2 fully saturated rings. The number of carbonyl (C=O) groups is 2. The lowest BCUT2D eigenvalue weighted by atomic mass is 10.1. The molecule has 0 bridgehead atoms. The predicted molar refractivity (Wildman–Crippen MR) is 66.7 cm³/mol. The Morgan fingerprint density at radius 1 is 1.44 bits per heavy atom. The Bertz CT molecular complexity index is 332. The van der Waals surface area contributed by atoms with Crippen molar-refractivity contribution in [2.45, 2.75) is 26.2 Å². The zero-order chi connectivity index (χ0) is 13.1. The van der Waals surface area contributed by atoms with Crippen molar-refractivity contribution in [3.8, 4) is 0 Å². The van der Waals surface area contributed by atoms with Crippen molar-refractivity contribution in [1.29, 1.82) is 0 Å². The first-order chi connectivity index (χ1) is 8.61. The maximum Gasteiger partial charge on any atom is 0.224 e. The summed E-state index contributed by atoms with van der Waals surface area (Å²) in [5, 5.41) is 11.8. The summed E-state index contributed by atoms with van der Waals surface area (Å²) in [6.07, 6.45) is 2.23. The van der Waals surface area contributed by atoms with Gasteiger partial charge in [-0.15, -0.1) is 0 Å². The van der Waals surface area contributed by atoms with Gasteiger partial charge < -0.3 is 15.3 Å². The lowest BCUT2D eigenvalue weighted by molar-refractivity contribution is -0.130. The average molecular weight is 254 g/mol. The number of aliphatic hydroxyl groups is 1. The van der Waals surface area contributed by atoms with E-state index in [0.29, 0.717) is 25.4 Å². The molecule has 1 aliphatic carbocycles. The lowest BCUT2D eigenvalue weighted by Crippen LogP contribution is -2.34. The molecule has 0 spiro atoms. The van der Waals surface area contributed by atoms with Crippen LogP contribution < -0.4 is 5.32 Å². The van der Waals surface area contributed by atoms with Gasteiger partial charge in [-0.25, -0.2) is 0 Å². The first-order valence-corrected chi connectivity index (χ1v) is 6.78. The molecule has 2 amide bonds. The molecule has 18 heavy (non-hydrogen) atoms. The van der Waals surface area contributed by atoms with E-state index in [0.717, 1.165) is 19.4 Å². The van der Waals surface area contributed by atoms with Crippen LogP contribution in [-0.4, -0.2) is 48.1 Å². The maximum absolute atomic E-state index is 11.8. The number of nitrogens with one attached hydrogen (secondary N) is 1. The summed E-state index contributed by atoms with van der Waals surface area (Å²) in [7, 11) is 0. The standard InChI is InChI=1S/C13H22N2O3/c1-9-6-11(9)13(18)14-4-2-12(17)15-5-3-10(7-15)8-16/h9-11,16H,2-8H2,1H3,(H,14,18). The van der Waals surface area contributed by atoms with Crippen LogP contribution in [0.4, 0.5) is 0 Å². The smallest absolute Gasteiger partial charge is 0.224 e. The van der Waals surface area contributed by atoms with E-state index < -0.39 is 0 Å². The van der Waals surface area contributed by atoms with Crippen molar-refractivity contribution in [2.24, 2.45) is 17.8 Å². The third kappa shape index (κ3) is 3.22. The summed E-state index contributed by atoms with van der Waals surface area (Å²) < 4.78 is 0. The van der Waals surface area contributed by atoms with Crippen LogP contribution in [0.1, 0.15) is 26.2 Å². The summed E-state index contributed by atoms with van der Waals surface area (Å²) in [5.41, 5.74) is 0. The molecule has 1 aliphatic heterocycles. The van der Waals surface area contributed by atoms with Crippen LogP contribution >= 0.6 is 0 Å². The van der Waals surface area contributed by atoms with Gasteiger partial charge in [-0.3, -0.25) is 9.59 Å². The minimum Gasteiger partial charge on any atom is -0.396 e. The van der Waals surface area contributed by atoms with Crippen LogP contribution in [0.15, 0.2) is 0 Å². The molecule has 102 valence electrons. The van der Waals surface area contributed by atoms with E-state index in [4.69, 9.17) is 5.11 Å². The molecule has 3 atom stereocenters. The zero-order valence-corrected chi connectivity index (χ0v) is 10.9. The fourth-order valence-electron chi connectivity index (χ4n) is 2.48. The second-order valence-electron chi connectivity index (χ2n) is 5.54. The van der Waals surface area contributed by atoms with Crippen LogP contribution in [0.3, 0.4) is 0 Å². The van der Waals surface area contributed by atoms with Gasteiger partial charge in [0.25, 0.3) is 0 Å². The van der Waals surface area contributed by atoms with E-state index in [1.165, 1.54) is 0 Å². The number of carbonyl (C=O) groups excluding carboxylic acids is 2. The fourth-order valence-corrected chi connectivity index (χ4v) is 2.48. The molecule has 1 saturated heterocycles. The van der Waals surface area contributed by atoms with Crippen molar-refractivity contribution < 1.29 is 14.7 Å². The molecule has 1 heterocycles. The maximum atomic E-state index is 11.8. The quantitative estimate of drug-likeness (QED) is 0.725. The normalized spacial score (nSPS) is 30.3. The highest BCUT2D eigenvalue weighted by atomic mass is 16.3. The molecule has 3 unspecified atom stereocenters. The van der Waals surface area contributed by atoms with Crippen molar-refractivity contribution >= 4 is 11.8 Å². The molecule has 0 aromatic carbocycles. The number of nitrogens with zero attached hydrogens (tertiary/aromatic N) is 1. The van der Waals surface area contributed by atoms with Gasteiger partial charge in [0.2, 0.25) is 11.8 Å². The summed E-state index contributed by atoms with van der Waals surface area (Å²) in [4.78, 5) is 25.2. The Balaban J connectivity index is 1.62. The first-order valence-electron chi connectivity index (χ1n) is 6.78. The fraction of sp³-hybridized carbons (Fsp3) is 0.846. The van der Waals surface area contributed by atoms with E-state index in [1.807, 2.05) is 0 Å². The molecule has 2 rings (SSSR count). The van der Waals surface area contributed by atoms with E-state index in [9.17, 15) is 9.59 Å². The van der Waals surface area contributed by atoms with Gasteiger partial charge in [-0.2, -0.15) is 0 Å². The second-order valence-corrected chi connectivity index (χ2v) is 5.54. The molecule has 0 aromatic heterocycles. The van der Waals surface area contributed by atoms with Crippen molar-refractivity contribution in [3.63, 3.8) is 0 Å². The van der Waals surface area contributed by atoms with Gasteiger partial charge in [0.05, 0.1) is 0 Å². The Hall–Kier alpha value is -1.10. The zero-order valence-electron chi connectivity index (χ0n) is 10.9. The first kappa shape index (κ1) is 13.3. The molecule has 2 aliphatic rings. The summed E-state index contributed by atoms with van der Waals surface area (Å²) in [6, 6.07) is 0. The van der Waals surface area contributed by atoms with Gasteiger partial charge in [0.15, 0.2) is 0 Å². The molecule has 2 N–H and O–H groups in total. The Labute approximate surface area is 108 Å².